The zero-order valence-corrected chi connectivity index (χ0v) is 18.2. The fourth-order valence-corrected chi connectivity index (χ4v) is 4.50. The molecule has 0 amide bonds. The number of unbranched alkanes of at least 4 members (excludes halogenated alkanes) is 1. The van der Waals surface area contributed by atoms with Gasteiger partial charge in [-0.05, 0) is 54.6 Å². The second-order valence-corrected chi connectivity index (χ2v) is 8.55. The summed E-state index contributed by atoms with van der Waals surface area (Å²) >= 11 is 0. The molecule has 0 fully saturated rings. The molecule has 0 aliphatic heterocycles. The van der Waals surface area contributed by atoms with E-state index in [0.717, 1.165) is 36.3 Å². The van der Waals surface area contributed by atoms with Crippen LogP contribution in [-0.2, 0) is 0 Å². The van der Waals surface area contributed by atoms with Crippen LogP contribution in [0.15, 0.2) is 112 Å². The predicted octanol–water partition coefficient (Wildman–Crippen LogP) is 8.31. The third kappa shape index (κ3) is 7.48. The Morgan fingerprint density at radius 2 is 1.48 bits per heavy atom. The summed E-state index contributed by atoms with van der Waals surface area (Å²) in [6.45, 7) is 2.20. The molecule has 0 bridgehead atoms. The van der Waals surface area contributed by atoms with Crippen molar-refractivity contribution in [3.05, 3.63) is 102 Å². The van der Waals surface area contributed by atoms with Gasteiger partial charge < -0.3 is 4.74 Å². The van der Waals surface area contributed by atoms with Crippen molar-refractivity contribution >= 4 is 33.2 Å². The third-order valence-corrected chi connectivity index (χ3v) is 6.19. The maximum absolute atomic E-state index is 6.24. The van der Waals surface area contributed by atoms with Gasteiger partial charge in [-0.15, -0.1) is 0 Å². The summed E-state index contributed by atoms with van der Waals surface area (Å²) in [4.78, 5) is 6.07. The molecule has 3 aromatic rings. The van der Waals surface area contributed by atoms with Crippen LogP contribution in [0, 0.1) is 0 Å². The van der Waals surface area contributed by atoms with Crippen LogP contribution in [0.1, 0.15) is 26.2 Å². The normalized spacial score (nSPS) is 12.0. The molecule has 3 rings (SSSR count). The van der Waals surface area contributed by atoms with E-state index in [1.165, 1.54) is 4.90 Å². The van der Waals surface area contributed by atoms with Crippen LogP contribution in [0.2, 0.25) is 0 Å². The summed E-state index contributed by atoms with van der Waals surface area (Å²) in [5, 5.41) is 2.18. The molecule has 0 radical (unpaired) electrons. The molecule has 4 heteroatoms. The van der Waals surface area contributed by atoms with E-state index in [0.29, 0.717) is 5.90 Å². The lowest BCUT2D eigenvalue weighted by Gasteiger charge is -2.13. The number of hydrogen-bond acceptors (Lipinski definition) is 4. The number of aliphatic imine (C=N–C) groups is 1. The molecular weight excluding hydrogens is 394 g/mol. The summed E-state index contributed by atoms with van der Waals surface area (Å²) in [6, 6.07) is 30.2. The minimum absolute atomic E-state index is 0.664. The highest BCUT2D eigenvalue weighted by Crippen LogP contribution is 2.34. The molecule has 0 aliphatic carbocycles. The van der Waals surface area contributed by atoms with E-state index in [9.17, 15) is 0 Å². The van der Waals surface area contributed by atoms with Crippen molar-refractivity contribution < 1.29 is 4.74 Å². The average Bonchev–Trinajstić information content (AvgIpc) is 2.78. The van der Waals surface area contributed by atoms with E-state index in [1.807, 2.05) is 66.7 Å². The van der Waals surface area contributed by atoms with Crippen LogP contribution in [0.4, 0.5) is 5.69 Å². The van der Waals surface area contributed by atoms with Gasteiger partial charge in [0.05, 0.1) is 5.69 Å². The molecule has 0 aromatic heterocycles. The van der Waals surface area contributed by atoms with Crippen LogP contribution in [-0.4, -0.2) is 5.90 Å². The van der Waals surface area contributed by atoms with Gasteiger partial charge in [0, 0.05) is 10.5 Å². The smallest absolute Gasteiger partial charge is 0.223 e. The maximum atomic E-state index is 6.24. The average molecular weight is 420 g/mol. The van der Waals surface area contributed by atoms with E-state index >= 15 is 0 Å². The molecule has 0 N–H and O–H groups in total. The third-order valence-electron chi connectivity index (χ3n) is 4.10. The van der Waals surface area contributed by atoms with E-state index < -0.39 is 0 Å². The molecule has 0 saturated heterocycles. The Hall–Kier alpha value is -2.43. The zero-order valence-electron chi connectivity index (χ0n) is 16.5. The summed E-state index contributed by atoms with van der Waals surface area (Å²) < 4.78 is 6.24. The van der Waals surface area contributed by atoms with Gasteiger partial charge in [0.1, 0.15) is 5.75 Å². The van der Waals surface area contributed by atoms with Crippen molar-refractivity contribution in [3.8, 4) is 5.75 Å². The van der Waals surface area contributed by atoms with Crippen LogP contribution in [0.3, 0.4) is 0 Å². The van der Waals surface area contributed by atoms with Gasteiger partial charge >= 0.3 is 0 Å². The number of nitrogens with zero attached hydrogens (tertiary/aromatic N) is 1. The Morgan fingerprint density at radius 3 is 2.14 bits per heavy atom. The molecule has 2 nitrogen and oxygen atoms in total. The Balaban J connectivity index is 1.86. The summed E-state index contributed by atoms with van der Waals surface area (Å²) in [7, 11) is 3.45. The Bertz CT molecular complexity index is 909. The van der Waals surface area contributed by atoms with Gasteiger partial charge in [-0.1, -0.05) is 89.5 Å². The lowest BCUT2D eigenvalue weighted by atomic mass is 10.1. The van der Waals surface area contributed by atoms with E-state index in [2.05, 4.69) is 36.6 Å². The highest BCUT2D eigenvalue weighted by molar-refractivity contribution is 8.77. The van der Waals surface area contributed by atoms with Gasteiger partial charge in [0.15, 0.2) is 0 Å². The minimum atomic E-state index is 0.664. The van der Waals surface area contributed by atoms with E-state index in [-0.39, 0.29) is 0 Å². The Morgan fingerprint density at radius 1 is 0.862 bits per heavy atom. The first-order valence-corrected chi connectivity index (χ1v) is 12.0. The molecular formula is C25H25NOS2. The van der Waals surface area contributed by atoms with Crippen LogP contribution < -0.4 is 4.74 Å². The van der Waals surface area contributed by atoms with Crippen LogP contribution in [0.5, 0.6) is 5.75 Å². The topological polar surface area (TPSA) is 21.6 Å². The SMILES string of the molecule is CCCCC(=C\SSc1ccccc1)/C(=N/c1ccccc1)Oc1ccccc1. The highest BCUT2D eigenvalue weighted by Gasteiger charge is 2.11. The molecule has 0 heterocycles. The summed E-state index contributed by atoms with van der Waals surface area (Å²) in [5.41, 5.74) is 2.01. The summed E-state index contributed by atoms with van der Waals surface area (Å²) in [6.07, 6.45) is 3.14. The molecule has 0 saturated carbocycles. The molecule has 0 aliphatic rings. The number of hydrogen-bond donors (Lipinski definition) is 0. The van der Waals surface area contributed by atoms with Gasteiger partial charge in [-0.3, -0.25) is 0 Å². The van der Waals surface area contributed by atoms with Gasteiger partial charge in [-0.25, -0.2) is 4.99 Å². The van der Waals surface area contributed by atoms with E-state index in [4.69, 9.17) is 9.73 Å². The number of para-hydroxylation sites is 2. The van der Waals surface area contributed by atoms with Crippen molar-refractivity contribution in [2.75, 3.05) is 0 Å². The highest BCUT2D eigenvalue weighted by atomic mass is 33.1. The number of ether oxygens (including phenoxy) is 1. The van der Waals surface area contributed by atoms with Crippen molar-refractivity contribution in [2.24, 2.45) is 4.99 Å². The van der Waals surface area contributed by atoms with Gasteiger partial charge in [-0.2, -0.15) is 0 Å². The quantitative estimate of drug-likeness (QED) is 0.198. The fourth-order valence-electron chi connectivity index (χ4n) is 2.58. The fraction of sp³-hybridized carbons (Fsp3) is 0.160. The Kier molecular flexibility index (Phi) is 8.95. The lowest BCUT2D eigenvalue weighted by molar-refractivity contribution is 0.546. The largest absolute Gasteiger partial charge is 0.439 e. The van der Waals surface area contributed by atoms with Gasteiger partial charge in [0.25, 0.3) is 0 Å². The standard InChI is InChI=1S/C25H25NOS2/c1-2-3-13-21(20-28-29-24-18-11-6-12-19-24)25(26-22-14-7-4-8-15-22)27-23-16-9-5-10-17-23/h4-12,14-20H,2-3,13H2,1H3/b21-20+,26-25-. The summed E-state index contributed by atoms with van der Waals surface area (Å²) in [5.74, 6) is 1.46. The molecule has 3 aromatic carbocycles. The minimum Gasteiger partial charge on any atom is -0.439 e. The first kappa shape index (κ1) is 21.3. The number of benzene rings is 3. The van der Waals surface area contributed by atoms with Crippen molar-refractivity contribution in [1.29, 1.82) is 0 Å². The van der Waals surface area contributed by atoms with Crippen molar-refractivity contribution in [3.63, 3.8) is 0 Å². The molecule has 29 heavy (non-hydrogen) atoms. The molecule has 148 valence electrons. The van der Waals surface area contributed by atoms with Crippen LogP contribution in [0.25, 0.3) is 0 Å². The van der Waals surface area contributed by atoms with E-state index in [1.54, 1.807) is 21.6 Å². The molecule has 0 unspecified atom stereocenters. The molecule has 0 spiro atoms. The maximum Gasteiger partial charge on any atom is 0.223 e. The lowest BCUT2D eigenvalue weighted by Crippen LogP contribution is -2.12. The molecule has 0 atom stereocenters. The Labute approximate surface area is 181 Å². The predicted molar refractivity (Wildman–Crippen MR) is 128 cm³/mol. The second-order valence-electron chi connectivity index (χ2n) is 6.41. The van der Waals surface area contributed by atoms with Gasteiger partial charge in [0.2, 0.25) is 5.90 Å². The zero-order chi connectivity index (χ0) is 20.2. The first-order chi connectivity index (χ1) is 14.3. The monoisotopic (exact) mass is 419 g/mol. The number of rotatable bonds is 9. The van der Waals surface area contributed by atoms with Crippen molar-refractivity contribution in [2.45, 2.75) is 31.1 Å². The first-order valence-electron chi connectivity index (χ1n) is 9.79. The second kappa shape index (κ2) is 12.2. The van der Waals surface area contributed by atoms with Crippen molar-refractivity contribution in [1.82, 2.24) is 0 Å². The van der Waals surface area contributed by atoms with Crippen LogP contribution >= 0.6 is 21.6 Å².